The lowest BCUT2D eigenvalue weighted by Crippen LogP contribution is -2.40. The Bertz CT molecular complexity index is 797. The molecule has 0 aromatic heterocycles. The van der Waals surface area contributed by atoms with Crippen LogP contribution < -0.4 is 9.47 Å². The predicted octanol–water partition coefficient (Wildman–Crippen LogP) is 4.26. The van der Waals surface area contributed by atoms with Gasteiger partial charge in [-0.1, -0.05) is 32.0 Å². The minimum Gasteiger partial charge on any atom is -0.493 e. The minimum atomic E-state index is 0.0233. The minimum absolute atomic E-state index is 0.0233. The number of benzene rings is 2. The molecule has 0 N–H and O–H groups in total. The molecule has 0 aliphatic carbocycles. The van der Waals surface area contributed by atoms with Gasteiger partial charge in [-0.15, -0.1) is 0 Å². The van der Waals surface area contributed by atoms with Gasteiger partial charge in [-0.25, -0.2) is 0 Å². The molecule has 28 heavy (non-hydrogen) atoms. The van der Waals surface area contributed by atoms with E-state index in [-0.39, 0.29) is 5.91 Å². The molecule has 150 valence electrons. The van der Waals surface area contributed by atoms with Crippen molar-refractivity contribution in [1.29, 1.82) is 0 Å². The quantitative estimate of drug-likeness (QED) is 0.717. The van der Waals surface area contributed by atoms with Crippen LogP contribution >= 0.6 is 0 Å². The van der Waals surface area contributed by atoms with Crippen LogP contribution in [0.5, 0.6) is 11.5 Å². The monoisotopic (exact) mass is 383 g/mol. The van der Waals surface area contributed by atoms with Crippen molar-refractivity contribution < 1.29 is 19.0 Å². The van der Waals surface area contributed by atoms with Crippen molar-refractivity contribution in [3.05, 3.63) is 59.2 Å². The molecule has 1 heterocycles. The number of morpholine rings is 1. The molecule has 1 saturated heterocycles. The molecule has 2 aromatic carbocycles. The molecule has 0 unspecified atom stereocenters. The highest BCUT2D eigenvalue weighted by Crippen LogP contribution is 2.28. The Morgan fingerprint density at radius 3 is 2.54 bits per heavy atom. The van der Waals surface area contributed by atoms with Gasteiger partial charge in [-0.2, -0.15) is 0 Å². The number of para-hydroxylation sites is 1. The maximum Gasteiger partial charge on any atom is 0.254 e. The molecule has 1 fully saturated rings. The summed E-state index contributed by atoms with van der Waals surface area (Å²) >= 11 is 0. The first-order valence-corrected chi connectivity index (χ1v) is 9.94. The number of carbonyl (C=O) groups excluding carboxylic acids is 1. The molecule has 0 radical (unpaired) electrons. The lowest BCUT2D eigenvalue weighted by Gasteiger charge is -2.27. The smallest absolute Gasteiger partial charge is 0.254 e. The molecule has 0 saturated carbocycles. The first-order chi connectivity index (χ1) is 13.6. The van der Waals surface area contributed by atoms with E-state index in [1.54, 1.807) is 0 Å². The van der Waals surface area contributed by atoms with Crippen molar-refractivity contribution >= 4 is 5.91 Å². The van der Waals surface area contributed by atoms with Gasteiger partial charge in [0.05, 0.1) is 19.8 Å². The van der Waals surface area contributed by atoms with Crippen LogP contribution in [0.15, 0.2) is 42.5 Å². The maximum absolute atomic E-state index is 12.8. The van der Waals surface area contributed by atoms with Gasteiger partial charge in [-0.3, -0.25) is 4.79 Å². The van der Waals surface area contributed by atoms with Crippen LogP contribution in [-0.4, -0.2) is 43.7 Å². The summed E-state index contributed by atoms with van der Waals surface area (Å²) in [6.45, 7) is 9.58. The molecule has 1 aliphatic heterocycles. The molecule has 5 heteroatoms. The third kappa shape index (κ3) is 4.84. The highest BCUT2D eigenvalue weighted by atomic mass is 16.5. The number of carbonyl (C=O) groups is 1. The summed E-state index contributed by atoms with van der Waals surface area (Å²) in [7, 11) is 0. The van der Waals surface area contributed by atoms with Gasteiger partial charge < -0.3 is 19.1 Å². The zero-order chi connectivity index (χ0) is 19.9. The van der Waals surface area contributed by atoms with Crippen molar-refractivity contribution in [2.45, 2.75) is 33.3 Å². The largest absolute Gasteiger partial charge is 0.493 e. The SMILES string of the molecule is CCOc1ccc(C(=O)N2CCOCC2)cc1COc1ccccc1C(C)C. The molecule has 0 spiro atoms. The third-order valence-electron chi connectivity index (χ3n) is 4.83. The van der Waals surface area contributed by atoms with Crippen molar-refractivity contribution in [2.24, 2.45) is 0 Å². The molecule has 3 rings (SSSR count). The lowest BCUT2D eigenvalue weighted by molar-refractivity contribution is 0.0302. The van der Waals surface area contributed by atoms with Gasteiger partial charge in [0.25, 0.3) is 5.91 Å². The second kappa shape index (κ2) is 9.60. The fraction of sp³-hybridized carbons (Fsp3) is 0.435. The normalized spacial score (nSPS) is 14.2. The van der Waals surface area contributed by atoms with E-state index in [0.717, 1.165) is 17.1 Å². The molecule has 0 atom stereocenters. The second-order valence-corrected chi connectivity index (χ2v) is 7.14. The number of rotatable bonds is 7. The summed E-state index contributed by atoms with van der Waals surface area (Å²) < 4.78 is 17.2. The molecule has 0 bridgehead atoms. The summed E-state index contributed by atoms with van der Waals surface area (Å²) in [6.07, 6.45) is 0. The number of hydrogen-bond acceptors (Lipinski definition) is 4. The van der Waals surface area contributed by atoms with Gasteiger partial charge >= 0.3 is 0 Å². The van der Waals surface area contributed by atoms with Gasteiger partial charge in [0.1, 0.15) is 18.1 Å². The lowest BCUT2D eigenvalue weighted by atomic mass is 10.0. The number of nitrogens with zero attached hydrogens (tertiary/aromatic N) is 1. The first-order valence-electron chi connectivity index (χ1n) is 9.94. The van der Waals surface area contributed by atoms with E-state index >= 15 is 0 Å². The Morgan fingerprint density at radius 2 is 1.82 bits per heavy atom. The molecule has 2 aromatic rings. The highest BCUT2D eigenvalue weighted by Gasteiger charge is 2.20. The van der Waals surface area contributed by atoms with E-state index in [4.69, 9.17) is 14.2 Å². The molecule has 5 nitrogen and oxygen atoms in total. The molecular formula is C23H29NO4. The summed E-state index contributed by atoms with van der Waals surface area (Å²) in [6, 6.07) is 13.7. The van der Waals surface area contributed by atoms with E-state index < -0.39 is 0 Å². The molecule has 1 amide bonds. The summed E-state index contributed by atoms with van der Waals surface area (Å²) in [5.74, 6) is 2.01. The average Bonchev–Trinajstić information content (AvgIpc) is 2.73. The van der Waals surface area contributed by atoms with Crippen LogP contribution in [0.25, 0.3) is 0 Å². The van der Waals surface area contributed by atoms with E-state index in [0.29, 0.717) is 51.0 Å². The zero-order valence-corrected chi connectivity index (χ0v) is 16.9. The van der Waals surface area contributed by atoms with Gasteiger partial charge in [0.15, 0.2) is 0 Å². The molecule has 1 aliphatic rings. The molecular weight excluding hydrogens is 354 g/mol. The van der Waals surface area contributed by atoms with Crippen molar-refractivity contribution in [3.8, 4) is 11.5 Å². The summed E-state index contributed by atoms with van der Waals surface area (Å²) in [4.78, 5) is 14.7. The summed E-state index contributed by atoms with van der Waals surface area (Å²) in [5.41, 5.74) is 2.70. The maximum atomic E-state index is 12.8. The van der Waals surface area contributed by atoms with Gasteiger partial charge in [0.2, 0.25) is 0 Å². The fourth-order valence-corrected chi connectivity index (χ4v) is 3.32. The Hall–Kier alpha value is -2.53. The van der Waals surface area contributed by atoms with Crippen LogP contribution in [0.1, 0.15) is 48.2 Å². The van der Waals surface area contributed by atoms with Crippen LogP contribution in [0, 0.1) is 0 Å². The van der Waals surface area contributed by atoms with Crippen molar-refractivity contribution in [3.63, 3.8) is 0 Å². The third-order valence-corrected chi connectivity index (χ3v) is 4.83. The standard InChI is InChI=1S/C23H29NO4/c1-4-27-21-10-9-18(23(25)24-11-13-26-14-12-24)15-19(21)16-28-22-8-6-5-7-20(22)17(2)3/h5-10,15,17H,4,11-14,16H2,1-3H3. The number of amides is 1. The Kier molecular flexibility index (Phi) is 6.93. The number of ether oxygens (including phenoxy) is 3. The van der Waals surface area contributed by atoms with E-state index in [1.807, 2.05) is 48.2 Å². The summed E-state index contributed by atoms with van der Waals surface area (Å²) in [5, 5.41) is 0. The Morgan fingerprint density at radius 1 is 1.07 bits per heavy atom. The Balaban J connectivity index is 1.81. The van der Waals surface area contributed by atoms with Crippen molar-refractivity contribution in [2.75, 3.05) is 32.9 Å². The Labute approximate surface area is 167 Å². The topological polar surface area (TPSA) is 48.0 Å². The van der Waals surface area contributed by atoms with Crippen LogP contribution in [-0.2, 0) is 11.3 Å². The second-order valence-electron chi connectivity index (χ2n) is 7.14. The van der Waals surface area contributed by atoms with E-state index in [9.17, 15) is 4.79 Å². The van der Waals surface area contributed by atoms with Gasteiger partial charge in [-0.05, 0) is 42.7 Å². The zero-order valence-electron chi connectivity index (χ0n) is 16.9. The van der Waals surface area contributed by atoms with E-state index in [2.05, 4.69) is 19.9 Å². The van der Waals surface area contributed by atoms with Crippen LogP contribution in [0.3, 0.4) is 0 Å². The average molecular weight is 383 g/mol. The van der Waals surface area contributed by atoms with Crippen LogP contribution in [0.4, 0.5) is 0 Å². The highest BCUT2D eigenvalue weighted by molar-refractivity contribution is 5.94. The predicted molar refractivity (Wildman–Crippen MR) is 109 cm³/mol. The van der Waals surface area contributed by atoms with Gasteiger partial charge in [0, 0.05) is 24.2 Å². The van der Waals surface area contributed by atoms with E-state index in [1.165, 1.54) is 5.56 Å². The number of hydrogen-bond donors (Lipinski definition) is 0. The van der Waals surface area contributed by atoms with Crippen molar-refractivity contribution in [1.82, 2.24) is 4.90 Å². The first kappa shape index (κ1) is 20.2. The fourth-order valence-electron chi connectivity index (χ4n) is 3.32. The van der Waals surface area contributed by atoms with Crippen LogP contribution in [0.2, 0.25) is 0 Å².